The molecule has 2 atom stereocenters. The number of hydrogen-bond donors (Lipinski definition) is 1. The van der Waals surface area contributed by atoms with Gasteiger partial charge in [0.15, 0.2) is 0 Å². The summed E-state index contributed by atoms with van der Waals surface area (Å²) in [5.41, 5.74) is 1.01. The molecule has 0 aliphatic carbocycles. The molecule has 1 aliphatic rings. The first-order chi connectivity index (χ1) is 9.49. The predicted molar refractivity (Wildman–Crippen MR) is 76.7 cm³/mol. The number of amides is 1. The number of hydrogen-bond acceptors (Lipinski definition) is 3. The maximum atomic E-state index is 11.6. The van der Waals surface area contributed by atoms with Gasteiger partial charge in [0.25, 0.3) is 0 Å². The molecule has 108 valence electrons. The fraction of sp³-hybridized carbons (Fsp3) is 0.467. The summed E-state index contributed by atoms with van der Waals surface area (Å²) in [5, 5.41) is 9.09. The monoisotopic (exact) mass is 276 g/mol. The van der Waals surface area contributed by atoms with Crippen LogP contribution in [0, 0.1) is 0 Å². The van der Waals surface area contributed by atoms with E-state index < -0.39 is 5.97 Å². The number of anilines is 1. The summed E-state index contributed by atoms with van der Waals surface area (Å²) < 4.78 is 0. The molecule has 0 saturated carbocycles. The van der Waals surface area contributed by atoms with Crippen LogP contribution in [0.5, 0.6) is 0 Å². The minimum absolute atomic E-state index is 0.000556. The molecule has 0 radical (unpaired) electrons. The highest BCUT2D eigenvalue weighted by molar-refractivity contribution is 5.75. The Balaban J connectivity index is 2.25. The minimum Gasteiger partial charge on any atom is -0.481 e. The Morgan fingerprint density at radius 2 is 1.90 bits per heavy atom. The van der Waals surface area contributed by atoms with Crippen LogP contribution in [0.15, 0.2) is 30.3 Å². The molecule has 0 bridgehead atoms. The lowest BCUT2D eigenvalue weighted by Crippen LogP contribution is -2.59. The molecule has 1 fully saturated rings. The van der Waals surface area contributed by atoms with Crippen LogP contribution in [-0.4, -0.2) is 47.1 Å². The third-order valence-electron chi connectivity index (χ3n) is 3.74. The summed E-state index contributed by atoms with van der Waals surface area (Å²) in [6.45, 7) is 4.64. The van der Waals surface area contributed by atoms with Gasteiger partial charge in [-0.3, -0.25) is 9.59 Å². The third-order valence-corrected chi connectivity index (χ3v) is 3.74. The second-order valence-corrected chi connectivity index (χ2v) is 5.26. The highest BCUT2D eigenvalue weighted by Crippen LogP contribution is 2.24. The van der Waals surface area contributed by atoms with E-state index in [9.17, 15) is 9.59 Å². The summed E-state index contributed by atoms with van der Waals surface area (Å²) in [5.74, 6) is -0.838. The Hall–Kier alpha value is -2.04. The van der Waals surface area contributed by atoms with Crippen LogP contribution >= 0.6 is 0 Å². The fourth-order valence-corrected chi connectivity index (χ4v) is 2.79. The molecular weight excluding hydrogens is 256 g/mol. The summed E-state index contributed by atoms with van der Waals surface area (Å²) >= 11 is 0. The minimum atomic E-state index is -0.839. The first-order valence-electron chi connectivity index (χ1n) is 6.79. The number of carboxylic acids is 1. The number of nitrogens with zero attached hydrogens (tertiary/aromatic N) is 2. The quantitative estimate of drug-likeness (QED) is 0.910. The zero-order chi connectivity index (χ0) is 14.7. The van der Waals surface area contributed by atoms with E-state index in [0.717, 1.165) is 5.69 Å². The van der Waals surface area contributed by atoms with Crippen molar-refractivity contribution in [2.75, 3.05) is 18.0 Å². The molecule has 20 heavy (non-hydrogen) atoms. The highest BCUT2D eigenvalue weighted by Gasteiger charge is 2.34. The maximum Gasteiger partial charge on any atom is 0.305 e. The molecule has 5 nitrogen and oxygen atoms in total. The van der Waals surface area contributed by atoms with Gasteiger partial charge in [-0.1, -0.05) is 18.2 Å². The Bertz CT molecular complexity index is 489. The molecule has 0 aromatic heterocycles. The van der Waals surface area contributed by atoms with Crippen LogP contribution in [0.25, 0.3) is 0 Å². The van der Waals surface area contributed by atoms with Crippen LogP contribution in [0.1, 0.15) is 20.3 Å². The van der Waals surface area contributed by atoms with Crippen molar-refractivity contribution >= 4 is 17.6 Å². The van der Waals surface area contributed by atoms with Gasteiger partial charge in [0.2, 0.25) is 5.91 Å². The van der Waals surface area contributed by atoms with Gasteiger partial charge in [-0.25, -0.2) is 0 Å². The number of para-hydroxylation sites is 1. The van der Waals surface area contributed by atoms with Gasteiger partial charge in [0.05, 0.1) is 12.5 Å². The average Bonchev–Trinajstić information content (AvgIpc) is 2.40. The normalized spacial score (nSPS) is 22.7. The van der Waals surface area contributed by atoms with Crippen molar-refractivity contribution in [1.29, 1.82) is 0 Å². The second kappa shape index (κ2) is 5.94. The molecule has 1 saturated heterocycles. The third kappa shape index (κ3) is 3.10. The van der Waals surface area contributed by atoms with Crippen LogP contribution < -0.4 is 4.90 Å². The summed E-state index contributed by atoms with van der Waals surface area (Å²) in [6.07, 6.45) is 0.0331. The van der Waals surface area contributed by atoms with E-state index in [1.807, 2.05) is 37.3 Å². The smallest absolute Gasteiger partial charge is 0.305 e. The first kappa shape index (κ1) is 14.4. The molecule has 1 aromatic carbocycles. The number of benzene rings is 1. The molecule has 1 N–H and O–H groups in total. The van der Waals surface area contributed by atoms with Crippen molar-refractivity contribution in [2.24, 2.45) is 0 Å². The largest absolute Gasteiger partial charge is 0.481 e. The van der Waals surface area contributed by atoms with E-state index in [0.29, 0.717) is 13.1 Å². The molecule has 2 rings (SSSR count). The van der Waals surface area contributed by atoms with Crippen LogP contribution in [0.4, 0.5) is 5.69 Å². The molecule has 1 heterocycles. The number of aliphatic carboxylic acids is 1. The Morgan fingerprint density at radius 1 is 1.25 bits per heavy atom. The van der Waals surface area contributed by atoms with Crippen molar-refractivity contribution < 1.29 is 14.7 Å². The topological polar surface area (TPSA) is 60.9 Å². The number of rotatable bonds is 3. The van der Waals surface area contributed by atoms with Crippen LogP contribution in [0.3, 0.4) is 0 Å². The summed E-state index contributed by atoms with van der Waals surface area (Å²) in [4.78, 5) is 26.6. The van der Waals surface area contributed by atoms with Crippen molar-refractivity contribution in [3.05, 3.63) is 30.3 Å². The van der Waals surface area contributed by atoms with Gasteiger partial charge in [-0.15, -0.1) is 0 Å². The lowest BCUT2D eigenvalue weighted by molar-refractivity contribution is -0.139. The number of carbonyl (C=O) groups excluding carboxylic acids is 1. The molecule has 1 aliphatic heterocycles. The van der Waals surface area contributed by atoms with Gasteiger partial charge in [0, 0.05) is 31.7 Å². The summed E-state index contributed by atoms with van der Waals surface area (Å²) in [6, 6.07) is 9.67. The maximum absolute atomic E-state index is 11.6. The number of carboxylic acid groups (broad SMARTS) is 1. The van der Waals surface area contributed by atoms with Gasteiger partial charge < -0.3 is 14.9 Å². The van der Waals surface area contributed by atoms with Crippen molar-refractivity contribution in [3.63, 3.8) is 0 Å². The highest BCUT2D eigenvalue weighted by atomic mass is 16.4. The molecule has 0 spiro atoms. The van der Waals surface area contributed by atoms with E-state index >= 15 is 0 Å². The predicted octanol–water partition coefficient (Wildman–Crippen LogP) is 1.59. The fourth-order valence-electron chi connectivity index (χ4n) is 2.79. The van der Waals surface area contributed by atoms with Gasteiger partial charge >= 0.3 is 5.97 Å². The number of piperazine rings is 1. The van der Waals surface area contributed by atoms with E-state index in [-0.39, 0.29) is 24.4 Å². The van der Waals surface area contributed by atoms with Crippen molar-refractivity contribution in [2.45, 2.75) is 32.4 Å². The Labute approximate surface area is 118 Å². The van der Waals surface area contributed by atoms with E-state index in [4.69, 9.17) is 5.11 Å². The van der Waals surface area contributed by atoms with Gasteiger partial charge in [0.1, 0.15) is 0 Å². The second-order valence-electron chi connectivity index (χ2n) is 5.26. The molecule has 0 unspecified atom stereocenters. The van der Waals surface area contributed by atoms with E-state index in [2.05, 4.69) is 4.90 Å². The Morgan fingerprint density at radius 3 is 2.45 bits per heavy atom. The lowest BCUT2D eigenvalue weighted by Gasteiger charge is -2.45. The zero-order valence-corrected chi connectivity index (χ0v) is 11.8. The van der Waals surface area contributed by atoms with Crippen molar-refractivity contribution in [3.8, 4) is 0 Å². The lowest BCUT2D eigenvalue weighted by atomic mass is 10.0. The SMILES string of the molecule is CC(=O)N1C[C@@H](CC(=O)O)N(c2ccccc2)C[C@@H]1C. The van der Waals surface area contributed by atoms with Crippen LogP contribution in [-0.2, 0) is 9.59 Å². The van der Waals surface area contributed by atoms with Crippen molar-refractivity contribution in [1.82, 2.24) is 4.90 Å². The van der Waals surface area contributed by atoms with E-state index in [1.165, 1.54) is 6.92 Å². The molecule has 5 heteroatoms. The molecule has 1 amide bonds. The molecule has 1 aromatic rings. The first-order valence-corrected chi connectivity index (χ1v) is 6.79. The van der Waals surface area contributed by atoms with Gasteiger partial charge in [-0.05, 0) is 19.1 Å². The Kier molecular flexibility index (Phi) is 4.27. The zero-order valence-electron chi connectivity index (χ0n) is 11.8. The molecular formula is C15H20N2O3. The summed E-state index contributed by atoms with van der Waals surface area (Å²) in [7, 11) is 0. The standard InChI is InChI=1S/C15H20N2O3/c1-11-9-17(13-6-4-3-5-7-13)14(8-15(19)20)10-16(11)12(2)18/h3-7,11,14H,8-10H2,1-2H3,(H,19,20)/t11-,14+/m0/s1. The van der Waals surface area contributed by atoms with Gasteiger partial charge in [-0.2, -0.15) is 0 Å². The van der Waals surface area contributed by atoms with Crippen LogP contribution in [0.2, 0.25) is 0 Å². The average molecular weight is 276 g/mol. The number of carbonyl (C=O) groups is 2. The van der Waals surface area contributed by atoms with E-state index in [1.54, 1.807) is 4.90 Å².